The summed E-state index contributed by atoms with van der Waals surface area (Å²) in [5.74, 6) is 2.65. The zero-order valence-corrected chi connectivity index (χ0v) is 13.9. The van der Waals surface area contributed by atoms with Crippen LogP contribution in [0.2, 0.25) is 0 Å². The number of rotatable bonds is 4. The molecule has 0 radical (unpaired) electrons. The van der Waals surface area contributed by atoms with E-state index in [9.17, 15) is 0 Å². The molecule has 4 nitrogen and oxygen atoms in total. The normalized spacial score (nSPS) is 18.9. The molecule has 1 aliphatic rings. The second-order valence-electron chi connectivity index (χ2n) is 6.08. The molecular weight excluding hydrogens is 290 g/mol. The van der Waals surface area contributed by atoms with Crippen LogP contribution < -0.4 is 9.47 Å². The van der Waals surface area contributed by atoms with Gasteiger partial charge in [0.1, 0.15) is 23.4 Å². The van der Waals surface area contributed by atoms with Crippen LogP contribution >= 0.6 is 0 Å². The molecule has 1 aromatic carbocycles. The van der Waals surface area contributed by atoms with Crippen molar-refractivity contribution in [1.29, 1.82) is 0 Å². The van der Waals surface area contributed by atoms with Crippen LogP contribution in [0.15, 0.2) is 46.6 Å². The van der Waals surface area contributed by atoms with E-state index in [1.807, 2.05) is 24.3 Å². The topological polar surface area (TPSA) is 34.8 Å². The molecule has 0 spiro atoms. The van der Waals surface area contributed by atoms with Gasteiger partial charge in [-0.05, 0) is 38.1 Å². The van der Waals surface area contributed by atoms with Crippen molar-refractivity contribution >= 4 is 6.08 Å². The first-order valence-electron chi connectivity index (χ1n) is 7.90. The summed E-state index contributed by atoms with van der Waals surface area (Å²) in [7, 11) is 1.68. The number of benzene rings is 1. The van der Waals surface area contributed by atoms with E-state index < -0.39 is 0 Å². The highest BCUT2D eigenvalue weighted by Crippen LogP contribution is 2.29. The monoisotopic (exact) mass is 313 g/mol. The van der Waals surface area contributed by atoms with Crippen LogP contribution in [0.5, 0.6) is 11.5 Å². The molecule has 3 rings (SSSR count). The minimum Gasteiger partial charge on any atom is -0.497 e. The van der Waals surface area contributed by atoms with Crippen molar-refractivity contribution in [2.75, 3.05) is 20.2 Å². The third kappa shape index (κ3) is 3.96. The van der Waals surface area contributed by atoms with Crippen LogP contribution in [0.3, 0.4) is 0 Å². The Labute approximate surface area is 137 Å². The van der Waals surface area contributed by atoms with Gasteiger partial charge in [-0.3, -0.25) is 4.90 Å². The molecule has 1 aliphatic heterocycles. The first-order chi connectivity index (χ1) is 11.1. The Morgan fingerprint density at radius 1 is 1.39 bits per heavy atom. The highest BCUT2D eigenvalue weighted by atomic mass is 16.5. The van der Waals surface area contributed by atoms with Crippen LogP contribution in [0.1, 0.15) is 25.2 Å². The fourth-order valence-corrected chi connectivity index (χ4v) is 2.96. The number of ether oxygens (including phenoxy) is 2. The van der Waals surface area contributed by atoms with E-state index >= 15 is 0 Å². The Balaban J connectivity index is 1.75. The number of fused-ring (bicyclic) bond motifs is 1. The van der Waals surface area contributed by atoms with E-state index in [1.54, 1.807) is 13.4 Å². The van der Waals surface area contributed by atoms with Crippen molar-refractivity contribution in [2.45, 2.75) is 26.5 Å². The van der Waals surface area contributed by atoms with Crippen LogP contribution in [0, 0.1) is 0 Å². The van der Waals surface area contributed by atoms with E-state index in [1.165, 1.54) is 11.1 Å². The third-order valence-electron chi connectivity index (χ3n) is 3.92. The molecule has 0 fully saturated rings. The standard InChI is InChI=1S/C19H23NO3/c1-14(9-18-5-4-8-22-18)11-20-12-15(2)23-19-10-17(21-3)7-6-16(19)13-20/h4-10,15H,11-13H2,1-3H3. The summed E-state index contributed by atoms with van der Waals surface area (Å²) < 4.78 is 16.7. The number of furan rings is 1. The molecule has 122 valence electrons. The summed E-state index contributed by atoms with van der Waals surface area (Å²) in [6.45, 7) is 6.88. The van der Waals surface area contributed by atoms with E-state index in [0.29, 0.717) is 0 Å². The summed E-state index contributed by atoms with van der Waals surface area (Å²) in [5, 5.41) is 0. The molecule has 0 saturated carbocycles. The second kappa shape index (κ2) is 6.92. The maximum atomic E-state index is 6.06. The smallest absolute Gasteiger partial charge is 0.127 e. The van der Waals surface area contributed by atoms with Gasteiger partial charge in [0.15, 0.2) is 0 Å². The van der Waals surface area contributed by atoms with Gasteiger partial charge >= 0.3 is 0 Å². The average Bonchev–Trinajstić information content (AvgIpc) is 2.95. The lowest BCUT2D eigenvalue weighted by molar-refractivity contribution is 0.168. The molecule has 0 bridgehead atoms. The maximum absolute atomic E-state index is 6.06. The summed E-state index contributed by atoms with van der Waals surface area (Å²) in [4.78, 5) is 2.40. The average molecular weight is 313 g/mol. The quantitative estimate of drug-likeness (QED) is 0.855. The predicted octanol–water partition coefficient (Wildman–Crippen LogP) is 3.97. The lowest BCUT2D eigenvalue weighted by atomic mass is 10.1. The molecule has 1 atom stereocenters. The maximum Gasteiger partial charge on any atom is 0.127 e. The molecule has 1 aromatic heterocycles. The van der Waals surface area contributed by atoms with Gasteiger partial charge in [0.05, 0.1) is 13.4 Å². The van der Waals surface area contributed by atoms with Crippen molar-refractivity contribution in [3.8, 4) is 11.5 Å². The summed E-state index contributed by atoms with van der Waals surface area (Å²) in [6.07, 6.45) is 3.93. The number of nitrogens with zero attached hydrogens (tertiary/aromatic N) is 1. The molecule has 0 amide bonds. The number of hydrogen-bond donors (Lipinski definition) is 0. The van der Waals surface area contributed by atoms with Crippen LogP contribution in [-0.4, -0.2) is 31.2 Å². The first kappa shape index (κ1) is 15.7. The molecule has 0 N–H and O–H groups in total. The highest BCUT2D eigenvalue weighted by Gasteiger charge is 2.20. The van der Waals surface area contributed by atoms with Gasteiger partial charge in [0.25, 0.3) is 0 Å². The van der Waals surface area contributed by atoms with E-state index in [-0.39, 0.29) is 6.10 Å². The zero-order chi connectivity index (χ0) is 16.2. The van der Waals surface area contributed by atoms with Gasteiger partial charge in [-0.15, -0.1) is 0 Å². The molecule has 2 heterocycles. The van der Waals surface area contributed by atoms with Gasteiger partial charge in [0.2, 0.25) is 0 Å². The fraction of sp³-hybridized carbons (Fsp3) is 0.368. The third-order valence-corrected chi connectivity index (χ3v) is 3.92. The Morgan fingerprint density at radius 2 is 2.26 bits per heavy atom. The van der Waals surface area contributed by atoms with Gasteiger partial charge in [0, 0.05) is 31.3 Å². The van der Waals surface area contributed by atoms with Gasteiger partial charge < -0.3 is 13.9 Å². The fourth-order valence-electron chi connectivity index (χ4n) is 2.96. The van der Waals surface area contributed by atoms with Crippen molar-refractivity contribution in [3.63, 3.8) is 0 Å². The van der Waals surface area contributed by atoms with Crippen LogP contribution in [-0.2, 0) is 6.54 Å². The molecule has 1 unspecified atom stereocenters. The molecule has 2 aromatic rings. The van der Waals surface area contributed by atoms with Crippen molar-refractivity contribution < 1.29 is 13.9 Å². The summed E-state index contributed by atoms with van der Waals surface area (Å²) in [6, 6.07) is 9.93. The van der Waals surface area contributed by atoms with Crippen LogP contribution in [0.4, 0.5) is 0 Å². The SMILES string of the molecule is COc1ccc2c(c1)OC(C)CN(CC(C)=Cc1ccco1)C2. The van der Waals surface area contributed by atoms with Crippen molar-refractivity contribution in [3.05, 3.63) is 53.5 Å². The Hall–Kier alpha value is -2.20. The minimum atomic E-state index is 0.139. The Bertz CT molecular complexity index is 676. The van der Waals surface area contributed by atoms with Gasteiger partial charge in [-0.1, -0.05) is 11.6 Å². The van der Waals surface area contributed by atoms with Gasteiger partial charge in [-0.25, -0.2) is 0 Å². The highest BCUT2D eigenvalue weighted by molar-refractivity contribution is 5.47. The number of methoxy groups -OCH3 is 1. The molecule has 23 heavy (non-hydrogen) atoms. The van der Waals surface area contributed by atoms with Crippen LogP contribution in [0.25, 0.3) is 6.08 Å². The summed E-state index contributed by atoms with van der Waals surface area (Å²) >= 11 is 0. The molecular formula is C19H23NO3. The van der Waals surface area contributed by atoms with Gasteiger partial charge in [-0.2, -0.15) is 0 Å². The molecule has 0 saturated heterocycles. The first-order valence-corrected chi connectivity index (χ1v) is 7.90. The molecule has 4 heteroatoms. The number of hydrogen-bond acceptors (Lipinski definition) is 4. The zero-order valence-electron chi connectivity index (χ0n) is 13.9. The Kier molecular flexibility index (Phi) is 4.72. The van der Waals surface area contributed by atoms with Crippen molar-refractivity contribution in [1.82, 2.24) is 4.90 Å². The largest absolute Gasteiger partial charge is 0.497 e. The van der Waals surface area contributed by atoms with Crippen molar-refractivity contribution in [2.24, 2.45) is 0 Å². The van der Waals surface area contributed by atoms with E-state index in [2.05, 4.69) is 30.9 Å². The van der Waals surface area contributed by atoms with E-state index in [4.69, 9.17) is 13.9 Å². The minimum absolute atomic E-state index is 0.139. The second-order valence-corrected chi connectivity index (χ2v) is 6.08. The predicted molar refractivity (Wildman–Crippen MR) is 90.7 cm³/mol. The van der Waals surface area contributed by atoms with E-state index in [0.717, 1.165) is 36.9 Å². The summed E-state index contributed by atoms with van der Waals surface area (Å²) in [5.41, 5.74) is 2.46. The Morgan fingerprint density at radius 3 is 3.00 bits per heavy atom. The molecule has 0 aliphatic carbocycles. The lowest BCUT2D eigenvalue weighted by Gasteiger charge is -2.22. The lowest BCUT2D eigenvalue weighted by Crippen LogP contribution is -2.32.